The SMILES string of the molecule is CC.CC.O=CCc1ccccc1. The summed E-state index contributed by atoms with van der Waals surface area (Å²) in [6.07, 6.45) is 1.44. The molecule has 0 aliphatic heterocycles. The van der Waals surface area contributed by atoms with E-state index in [2.05, 4.69) is 0 Å². The molecule has 0 radical (unpaired) electrons. The molecule has 0 aromatic heterocycles. The molecule has 74 valence electrons. The van der Waals surface area contributed by atoms with Crippen molar-refractivity contribution in [1.29, 1.82) is 0 Å². The summed E-state index contributed by atoms with van der Waals surface area (Å²) >= 11 is 0. The molecular formula is C12H20O. The van der Waals surface area contributed by atoms with E-state index in [1.807, 2.05) is 58.0 Å². The summed E-state index contributed by atoms with van der Waals surface area (Å²) in [5, 5.41) is 0. The van der Waals surface area contributed by atoms with Crippen LogP contribution in [0.25, 0.3) is 0 Å². The lowest BCUT2D eigenvalue weighted by molar-refractivity contribution is -0.107. The van der Waals surface area contributed by atoms with Gasteiger partial charge < -0.3 is 4.79 Å². The quantitative estimate of drug-likeness (QED) is 0.637. The second kappa shape index (κ2) is 13.5. The monoisotopic (exact) mass is 180 g/mol. The molecule has 1 aromatic carbocycles. The fourth-order valence-corrected chi connectivity index (χ4v) is 0.710. The minimum absolute atomic E-state index is 0.529. The van der Waals surface area contributed by atoms with Crippen molar-refractivity contribution in [2.45, 2.75) is 34.1 Å². The second-order valence-electron chi connectivity index (χ2n) is 1.86. The molecule has 0 unspecified atom stereocenters. The molecule has 0 fully saturated rings. The van der Waals surface area contributed by atoms with E-state index in [4.69, 9.17) is 0 Å². The van der Waals surface area contributed by atoms with Gasteiger partial charge in [0.15, 0.2) is 0 Å². The largest absolute Gasteiger partial charge is 0.303 e. The van der Waals surface area contributed by atoms with Crippen molar-refractivity contribution in [1.82, 2.24) is 0 Å². The zero-order valence-corrected chi connectivity index (χ0v) is 9.08. The number of carbonyl (C=O) groups is 1. The Kier molecular flexibility index (Phi) is 14.9. The Balaban J connectivity index is 0. The lowest BCUT2D eigenvalue weighted by Gasteiger charge is -1.89. The first-order valence-corrected chi connectivity index (χ1v) is 4.91. The van der Waals surface area contributed by atoms with E-state index in [0.29, 0.717) is 6.42 Å². The molecule has 1 aromatic rings. The van der Waals surface area contributed by atoms with Gasteiger partial charge in [-0.15, -0.1) is 0 Å². The van der Waals surface area contributed by atoms with E-state index in [1.54, 1.807) is 0 Å². The Morgan fingerprint density at radius 3 is 1.85 bits per heavy atom. The molecule has 13 heavy (non-hydrogen) atoms. The van der Waals surface area contributed by atoms with Crippen molar-refractivity contribution < 1.29 is 4.79 Å². The van der Waals surface area contributed by atoms with Gasteiger partial charge >= 0.3 is 0 Å². The molecular weight excluding hydrogens is 160 g/mol. The molecule has 0 heterocycles. The molecule has 0 amide bonds. The summed E-state index contributed by atoms with van der Waals surface area (Å²) in [7, 11) is 0. The van der Waals surface area contributed by atoms with Crippen LogP contribution in [0.1, 0.15) is 33.3 Å². The predicted octanol–water partition coefficient (Wildman–Crippen LogP) is 3.48. The Bertz CT molecular complexity index is 180. The van der Waals surface area contributed by atoms with Crippen LogP contribution < -0.4 is 0 Å². The zero-order valence-electron chi connectivity index (χ0n) is 9.08. The van der Waals surface area contributed by atoms with Crippen molar-refractivity contribution in [3.63, 3.8) is 0 Å². The average molecular weight is 180 g/mol. The van der Waals surface area contributed by atoms with Gasteiger partial charge in [-0.25, -0.2) is 0 Å². The fourth-order valence-electron chi connectivity index (χ4n) is 0.710. The normalized spacial score (nSPS) is 7.08. The maximum absolute atomic E-state index is 9.97. The molecule has 0 aliphatic rings. The van der Waals surface area contributed by atoms with E-state index < -0.39 is 0 Å². The van der Waals surface area contributed by atoms with Gasteiger partial charge in [0, 0.05) is 6.42 Å². The van der Waals surface area contributed by atoms with Crippen molar-refractivity contribution in [3.05, 3.63) is 35.9 Å². The lowest BCUT2D eigenvalue weighted by atomic mass is 10.2. The summed E-state index contributed by atoms with van der Waals surface area (Å²) in [6.45, 7) is 8.00. The third-order valence-corrected chi connectivity index (χ3v) is 1.16. The highest BCUT2D eigenvalue weighted by Crippen LogP contribution is 1.96. The smallest absolute Gasteiger partial charge is 0.124 e. The molecule has 0 bridgehead atoms. The molecule has 0 atom stereocenters. The number of carbonyl (C=O) groups excluding carboxylic acids is 1. The molecule has 1 heteroatoms. The average Bonchev–Trinajstić information content (AvgIpc) is 2.26. The van der Waals surface area contributed by atoms with Gasteiger partial charge in [0.25, 0.3) is 0 Å². The minimum Gasteiger partial charge on any atom is -0.303 e. The van der Waals surface area contributed by atoms with Crippen LogP contribution in [0.15, 0.2) is 30.3 Å². The van der Waals surface area contributed by atoms with Crippen molar-refractivity contribution in [2.24, 2.45) is 0 Å². The minimum atomic E-state index is 0.529. The Labute approximate surface area is 81.8 Å². The van der Waals surface area contributed by atoms with Gasteiger partial charge in [-0.05, 0) is 5.56 Å². The lowest BCUT2D eigenvalue weighted by Crippen LogP contribution is -1.82. The summed E-state index contributed by atoms with van der Waals surface area (Å²) < 4.78 is 0. The van der Waals surface area contributed by atoms with Crippen LogP contribution >= 0.6 is 0 Å². The van der Waals surface area contributed by atoms with E-state index in [-0.39, 0.29) is 0 Å². The molecule has 0 spiro atoms. The first-order valence-electron chi connectivity index (χ1n) is 4.91. The van der Waals surface area contributed by atoms with Crippen molar-refractivity contribution in [2.75, 3.05) is 0 Å². The number of hydrogen-bond donors (Lipinski definition) is 0. The first kappa shape index (κ1) is 14.4. The van der Waals surface area contributed by atoms with Crippen LogP contribution in [0.2, 0.25) is 0 Å². The van der Waals surface area contributed by atoms with Gasteiger partial charge in [-0.3, -0.25) is 0 Å². The van der Waals surface area contributed by atoms with Gasteiger partial charge in [0.1, 0.15) is 6.29 Å². The van der Waals surface area contributed by atoms with Gasteiger partial charge in [0.2, 0.25) is 0 Å². The van der Waals surface area contributed by atoms with Crippen molar-refractivity contribution >= 4 is 6.29 Å². The topological polar surface area (TPSA) is 17.1 Å². The molecule has 0 saturated carbocycles. The highest BCUT2D eigenvalue weighted by molar-refractivity contribution is 5.54. The highest BCUT2D eigenvalue weighted by atomic mass is 16.1. The van der Waals surface area contributed by atoms with Crippen LogP contribution in [-0.4, -0.2) is 6.29 Å². The van der Waals surface area contributed by atoms with Crippen LogP contribution in [0.3, 0.4) is 0 Å². The molecule has 0 aliphatic carbocycles. The zero-order chi connectivity index (χ0) is 10.5. The third kappa shape index (κ3) is 8.80. The molecule has 1 rings (SSSR count). The van der Waals surface area contributed by atoms with Crippen LogP contribution in [0.5, 0.6) is 0 Å². The molecule has 0 saturated heterocycles. The predicted molar refractivity (Wildman–Crippen MR) is 58.9 cm³/mol. The van der Waals surface area contributed by atoms with E-state index in [9.17, 15) is 4.79 Å². The fraction of sp³-hybridized carbons (Fsp3) is 0.417. The number of aldehydes is 1. The van der Waals surface area contributed by atoms with E-state index in [0.717, 1.165) is 11.8 Å². The first-order chi connectivity index (χ1) is 6.43. The maximum atomic E-state index is 9.97. The molecule has 0 N–H and O–H groups in total. The summed E-state index contributed by atoms with van der Waals surface area (Å²) in [4.78, 5) is 9.97. The summed E-state index contributed by atoms with van der Waals surface area (Å²) in [5.41, 5.74) is 1.08. The summed E-state index contributed by atoms with van der Waals surface area (Å²) in [6, 6.07) is 9.68. The molecule has 1 nitrogen and oxygen atoms in total. The second-order valence-corrected chi connectivity index (χ2v) is 1.86. The highest BCUT2D eigenvalue weighted by Gasteiger charge is 1.84. The van der Waals surface area contributed by atoms with Gasteiger partial charge in [0.05, 0.1) is 0 Å². The van der Waals surface area contributed by atoms with Crippen LogP contribution in [-0.2, 0) is 11.2 Å². The van der Waals surface area contributed by atoms with E-state index >= 15 is 0 Å². The van der Waals surface area contributed by atoms with Gasteiger partial charge in [-0.2, -0.15) is 0 Å². The number of rotatable bonds is 2. The third-order valence-electron chi connectivity index (χ3n) is 1.16. The van der Waals surface area contributed by atoms with Gasteiger partial charge in [-0.1, -0.05) is 58.0 Å². The Morgan fingerprint density at radius 1 is 1.00 bits per heavy atom. The Morgan fingerprint density at radius 2 is 1.46 bits per heavy atom. The number of hydrogen-bond acceptors (Lipinski definition) is 1. The van der Waals surface area contributed by atoms with Crippen molar-refractivity contribution in [3.8, 4) is 0 Å². The van der Waals surface area contributed by atoms with Crippen LogP contribution in [0.4, 0.5) is 0 Å². The van der Waals surface area contributed by atoms with E-state index in [1.165, 1.54) is 0 Å². The summed E-state index contributed by atoms with van der Waals surface area (Å²) in [5.74, 6) is 0. The standard InChI is InChI=1S/C8H8O.2C2H6/c9-7-6-8-4-2-1-3-5-8;2*1-2/h1-5,7H,6H2;2*1-2H3. The maximum Gasteiger partial charge on any atom is 0.124 e. The number of benzene rings is 1. The van der Waals surface area contributed by atoms with Crippen LogP contribution in [0, 0.1) is 0 Å². The Hall–Kier alpha value is -1.11.